The third-order valence-electron chi connectivity index (χ3n) is 5.54. The SMILES string of the molecule is O=C(CCn1cc[n+](CC(OCc2ccc(Cl)cc2Cl)c2ccc(Cl)cc2Cl)c1)Nc1ccccc1. The van der Waals surface area contributed by atoms with Crippen LogP contribution in [0.1, 0.15) is 23.7 Å². The second-order valence-corrected chi connectivity index (χ2v) is 9.90. The van der Waals surface area contributed by atoms with Crippen molar-refractivity contribution in [1.82, 2.24) is 4.57 Å². The molecule has 0 spiro atoms. The van der Waals surface area contributed by atoms with Crippen LogP contribution in [0, 0.1) is 0 Å². The summed E-state index contributed by atoms with van der Waals surface area (Å²) in [6, 6.07) is 20.1. The molecule has 0 aliphatic rings. The standard InChI is InChI=1S/C27H23Cl4N3O2/c28-20-7-6-19(24(30)14-20)17-36-26(23-9-8-21(29)15-25(23)31)16-34-13-12-33(18-34)11-10-27(35)32-22-4-2-1-3-5-22/h1-9,12-15,18,26H,10-11,16-17H2/p+1. The first-order chi connectivity index (χ1) is 17.4. The number of hydrogen-bond donors (Lipinski definition) is 1. The zero-order chi connectivity index (χ0) is 25.5. The molecule has 0 aliphatic carbocycles. The van der Waals surface area contributed by atoms with E-state index in [2.05, 4.69) is 5.32 Å². The van der Waals surface area contributed by atoms with Crippen molar-refractivity contribution < 1.29 is 14.1 Å². The molecule has 1 amide bonds. The van der Waals surface area contributed by atoms with E-state index in [1.807, 2.05) is 70.3 Å². The van der Waals surface area contributed by atoms with Crippen LogP contribution in [-0.4, -0.2) is 10.5 Å². The Balaban J connectivity index is 1.43. The fourth-order valence-electron chi connectivity index (χ4n) is 3.68. The average Bonchev–Trinajstić information content (AvgIpc) is 3.29. The number of imidazole rings is 1. The molecule has 0 radical (unpaired) electrons. The van der Waals surface area contributed by atoms with Gasteiger partial charge in [0.2, 0.25) is 12.2 Å². The highest BCUT2D eigenvalue weighted by Gasteiger charge is 2.21. The van der Waals surface area contributed by atoms with Crippen molar-refractivity contribution in [1.29, 1.82) is 0 Å². The number of halogens is 4. The van der Waals surface area contributed by atoms with Gasteiger partial charge < -0.3 is 10.1 Å². The van der Waals surface area contributed by atoms with Crippen molar-refractivity contribution in [2.75, 3.05) is 5.32 Å². The molecule has 1 atom stereocenters. The van der Waals surface area contributed by atoms with E-state index in [4.69, 9.17) is 51.1 Å². The van der Waals surface area contributed by atoms with Gasteiger partial charge in [0, 0.05) is 31.3 Å². The summed E-state index contributed by atoms with van der Waals surface area (Å²) < 4.78 is 10.2. The first-order valence-corrected chi connectivity index (χ1v) is 12.8. The van der Waals surface area contributed by atoms with Gasteiger partial charge in [-0.2, -0.15) is 0 Å². The van der Waals surface area contributed by atoms with Crippen molar-refractivity contribution in [3.05, 3.63) is 117 Å². The Hall–Kier alpha value is -2.54. The Morgan fingerprint density at radius 2 is 1.67 bits per heavy atom. The first-order valence-electron chi connectivity index (χ1n) is 11.3. The zero-order valence-corrected chi connectivity index (χ0v) is 22.2. The number of carbonyl (C=O) groups is 1. The maximum absolute atomic E-state index is 12.3. The monoisotopic (exact) mass is 562 g/mol. The van der Waals surface area contributed by atoms with Gasteiger partial charge >= 0.3 is 0 Å². The minimum Gasteiger partial charge on any atom is -0.365 e. The summed E-state index contributed by atoms with van der Waals surface area (Å²) in [6.07, 6.45) is 5.77. The van der Waals surface area contributed by atoms with Crippen LogP contribution in [0.15, 0.2) is 85.5 Å². The Morgan fingerprint density at radius 1 is 0.944 bits per heavy atom. The molecule has 4 rings (SSSR count). The molecule has 9 heteroatoms. The van der Waals surface area contributed by atoms with Gasteiger partial charge in [-0.1, -0.05) is 76.7 Å². The molecule has 36 heavy (non-hydrogen) atoms. The molecule has 0 bridgehead atoms. The summed E-state index contributed by atoms with van der Waals surface area (Å²) in [6.45, 7) is 1.32. The lowest BCUT2D eigenvalue weighted by molar-refractivity contribution is -0.704. The molecular formula is C27H24Cl4N3O2+. The molecule has 1 unspecified atom stereocenters. The molecule has 0 saturated heterocycles. The van der Waals surface area contributed by atoms with Gasteiger partial charge in [0.25, 0.3) is 0 Å². The van der Waals surface area contributed by atoms with Crippen LogP contribution in [0.2, 0.25) is 20.1 Å². The third-order valence-corrected chi connectivity index (χ3v) is 6.69. The van der Waals surface area contributed by atoms with Crippen molar-refractivity contribution in [3.63, 3.8) is 0 Å². The Morgan fingerprint density at radius 3 is 2.39 bits per heavy atom. The molecule has 0 saturated carbocycles. The predicted molar refractivity (Wildman–Crippen MR) is 145 cm³/mol. The summed E-state index contributed by atoms with van der Waals surface area (Å²) in [5.41, 5.74) is 2.42. The van der Waals surface area contributed by atoms with Crippen LogP contribution in [-0.2, 0) is 29.2 Å². The van der Waals surface area contributed by atoms with Gasteiger partial charge in [0.1, 0.15) is 25.0 Å². The van der Waals surface area contributed by atoms with Crippen molar-refractivity contribution in [2.24, 2.45) is 0 Å². The highest BCUT2D eigenvalue weighted by Crippen LogP contribution is 2.30. The Bertz CT molecular complexity index is 1330. The van der Waals surface area contributed by atoms with E-state index < -0.39 is 0 Å². The van der Waals surface area contributed by atoms with E-state index in [1.165, 1.54) is 0 Å². The molecule has 1 heterocycles. The third kappa shape index (κ3) is 7.48. The van der Waals surface area contributed by atoms with Crippen LogP contribution < -0.4 is 9.88 Å². The Kier molecular flexibility index (Phi) is 9.30. The van der Waals surface area contributed by atoms with Crippen LogP contribution in [0.25, 0.3) is 0 Å². The summed E-state index contributed by atoms with van der Waals surface area (Å²) >= 11 is 25.0. The number of aromatic nitrogens is 2. The number of nitrogens with zero attached hydrogens (tertiary/aromatic N) is 2. The topological polar surface area (TPSA) is 47.1 Å². The molecule has 1 N–H and O–H groups in total. The second-order valence-electron chi connectivity index (χ2n) is 8.21. The molecule has 0 fully saturated rings. The second kappa shape index (κ2) is 12.6. The van der Waals surface area contributed by atoms with E-state index in [9.17, 15) is 4.79 Å². The van der Waals surface area contributed by atoms with E-state index in [0.717, 1.165) is 16.8 Å². The number of rotatable bonds is 10. The van der Waals surface area contributed by atoms with E-state index in [0.29, 0.717) is 39.6 Å². The summed E-state index contributed by atoms with van der Waals surface area (Å²) in [5, 5.41) is 5.08. The van der Waals surface area contributed by atoms with Crippen molar-refractivity contribution in [3.8, 4) is 0 Å². The smallest absolute Gasteiger partial charge is 0.243 e. The number of benzene rings is 3. The van der Waals surface area contributed by atoms with Crippen LogP contribution in [0.5, 0.6) is 0 Å². The quantitative estimate of drug-likeness (QED) is 0.205. The molecule has 5 nitrogen and oxygen atoms in total. The van der Waals surface area contributed by atoms with Crippen LogP contribution >= 0.6 is 46.4 Å². The molecule has 0 aliphatic heterocycles. The normalized spacial score (nSPS) is 11.9. The fourth-order valence-corrected chi connectivity index (χ4v) is 4.67. The van der Waals surface area contributed by atoms with Crippen molar-refractivity contribution in [2.45, 2.75) is 32.2 Å². The molecule has 3 aromatic carbocycles. The van der Waals surface area contributed by atoms with Gasteiger partial charge in [-0.3, -0.25) is 4.79 Å². The number of para-hydroxylation sites is 1. The lowest BCUT2D eigenvalue weighted by Crippen LogP contribution is -2.35. The van der Waals surface area contributed by atoms with Crippen molar-refractivity contribution >= 4 is 58.0 Å². The highest BCUT2D eigenvalue weighted by molar-refractivity contribution is 6.35. The number of hydrogen-bond acceptors (Lipinski definition) is 2. The summed E-state index contributed by atoms with van der Waals surface area (Å²) in [4.78, 5) is 12.3. The molecule has 4 aromatic rings. The number of aryl methyl sites for hydroxylation is 1. The number of carbonyl (C=O) groups excluding carboxylic acids is 1. The van der Waals surface area contributed by atoms with Crippen LogP contribution in [0.4, 0.5) is 5.69 Å². The minimum absolute atomic E-state index is 0.0459. The number of nitrogens with one attached hydrogen (secondary N) is 1. The largest absolute Gasteiger partial charge is 0.365 e. The molecular weight excluding hydrogens is 540 g/mol. The maximum atomic E-state index is 12.3. The number of ether oxygens (including phenoxy) is 1. The minimum atomic E-state index is -0.372. The molecule has 186 valence electrons. The number of anilines is 1. The predicted octanol–water partition coefficient (Wildman–Crippen LogP) is 7.38. The van der Waals surface area contributed by atoms with Gasteiger partial charge in [-0.25, -0.2) is 9.13 Å². The van der Waals surface area contributed by atoms with E-state index in [1.54, 1.807) is 24.3 Å². The summed E-state index contributed by atoms with van der Waals surface area (Å²) in [7, 11) is 0. The fraction of sp³-hybridized carbons (Fsp3) is 0.185. The average molecular weight is 564 g/mol. The van der Waals surface area contributed by atoms with Crippen LogP contribution in [0.3, 0.4) is 0 Å². The highest BCUT2D eigenvalue weighted by atomic mass is 35.5. The van der Waals surface area contributed by atoms with Gasteiger partial charge in [-0.15, -0.1) is 0 Å². The first kappa shape index (κ1) is 26.5. The zero-order valence-electron chi connectivity index (χ0n) is 19.2. The molecule has 1 aromatic heterocycles. The number of amides is 1. The summed E-state index contributed by atoms with van der Waals surface area (Å²) in [5.74, 6) is -0.0459. The lowest BCUT2D eigenvalue weighted by atomic mass is 10.1. The van der Waals surface area contributed by atoms with E-state index in [-0.39, 0.29) is 18.6 Å². The maximum Gasteiger partial charge on any atom is 0.243 e. The Labute approximate surface area is 230 Å². The van der Waals surface area contributed by atoms with Gasteiger partial charge in [0.05, 0.1) is 19.6 Å². The van der Waals surface area contributed by atoms with Gasteiger partial charge in [0.15, 0.2) is 0 Å². The lowest BCUT2D eigenvalue weighted by Gasteiger charge is -2.19. The van der Waals surface area contributed by atoms with E-state index >= 15 is 0 Å². The van der Waals surface area contributed by atoms with Gasteiger partial charge in [-0.05, 0) is 42.0 Å².